The minimum atomic E-state index is -0.00868. The molecule has 1 rings (SSSR count). The third-order valence-corrected chi connectivity index (χ3v) is 2.18. The molecule has 0 radical (unpaired) electrons. The van der Waals surface area contributed by atoms with E-state index in [2.05, 4.69) is 17.6 Å². The summed E-state index contributed by atoms with van der Waals surface area (Å²) in [5, 5.41) is 6.67. The first-order valence-electron chi connectivity index (χ1n) is 4.47. The molecule has 0 amide bonds. The van der Waals surface area contributed by atoms with Crippen molar-refractivity contribution in [1.29, 1.82) is 0 Å². The van der Waals surface area contributed by atoms with Crippen LogP contribution in [0.1, 0.15) is 19.8 Å². The SMILES string of the molecule is CCCC1(N)CNCCNC1. The van der Waals surface area contributed by atoms with Crippen LogP contribution in [0.5, 0.6) is 0 Å². The summed E-state index contributed by atoms with van der Waals surface area (Å²) in [6, 6.07) is 0. The summed E-state index contributed by atoms with van der Waals surface area (Å²) in [5.41, 5.74) is 6.14. The molecular weight excluding hydrogens is 138 g/mol. The van der Waals surface area contributed by atoms with Crippen molar-refractivity contribution in [2.24, 2.45) is 5.73 Å². The summed E-state index contributed by atoms with van der Waals surface area (Å²) >= 11 is 0. The van der Waals surface area contributed by atoms with Crippen LogP contribution in [0.4, 0.5) is 0 Å². The van der Waals surface area contributed by atoms with E-state index in [1.54, 1.807) is 0 Å². The van der Waals surface area contributed by atoms with Gasteiger partial charge in [-0.2, -0.15) is 0 Å². The maximum absolute atomic E-state index is 6.14. The Morgan fingerprint density at radius 1 is 1.27 bits per heavy atom. The fourth-order valence-electron chi connectivity index (χ4n) is 1.59. The summed E-state index contributed by atoms with van der Waals surface area (Å²) in [6.45, 7) is 6.17. The zero-order chi connectivity index (χ0) is 8.16. The Kier molecular flexibility index (Phi) is 3.30. The van der Waals surface area contributed by atoms with E-state index in [-0.39, 0.29) is 5.54 Å². The molecule has 11 heavy (non-hydrogen) atoms. The first-order chi connectivity index (χ1) is 5.27. The summed E-state index contributed by atoms with van der Waals surface area (Å²) < 4.78 is 0. The Balaban J connectivity index is 2.38. The van der Waals surface area contributed by atoms with Crippen LogP contribution in [0, 0.1) is 0 Å². The van der Waals surface area contributed by atoms with Crippen LogP contribution in [0.15, 0.2) is 0 Å². The highest BCUT2D eigenvalue weighted by Gasteiger charge is 2.24. The monoisotopic (exact) mass is 157 g/mol. The molecule has 1 aliphatic heterocycles. The second kappa shape index (κ2) is 4.04. The fourth-order valence-corrected chi connectivity index (χ4v) is 1.59. The average molecular weight is 157 g/mol. The molecule has 66 valence electrons. The molecule has 0 aromatic rings. The van der Waals surface area contributed by atoms with Gasteiger partial charge in [-0.1, -0.05) is 13.3 Å². The predicted molar refractivity (Wildman–Crippen MR) is 47.6 cm³/mol. The molecule has 4 N–H and O–H groups in total. The van der Waals surface area contributed by atoms with E-state index < -0.39 is 0 Å². The van der Waals surface area contributed by atoms with E-state index in [9.17, 15) is 0 Å². The maximum atomic E-state index is 6.14. The molecule has 0 bridgehead atoms. The van der Waals surface area contributed by atoms with Gasteiger partial charge in [0.25, 0.3) is 0 Å². The van der Waals surface area contributed by atoms with Crippen molar-refractivity contribution in [2.75, 3.05) is 26.2 Å². The Hall–Kier alpha value is -0.120. The van der Waals surface area contributed by atoms with Crippen molar-refractivity contribution < 1.29 is 0 Å². The van der Waals surface area contributed by atoms with Gasteiger partial charge in [0.15, 0.2) is 0 Å². The highest BCUT2D eigenvalue weighted by Crippen LogP contribution is 2.08. The fraction of sp³-hybridized carbons (Fsp3) is 1.00. The average Bonchev–Trinajstić information content (AvgIpc) is 2.15. The van der Waals surface area contributed by atoms with E-state index in [1.807, 2.05) is 0 Å². The van der Waals surface area contributed by atoms with Crippen LogP contribution in [0.25, 0.3) is 0 Å². The lowest BCUT2D eigenvalue weighted by molar-refractivity contribution is 0.377. The van der Waals surface area contributed by atoms with E-state index >= 15 is 0 Å². The molecule has 1 saturated heterocycles. The van der Waals surface area contributed by atoms with Gasteiger partial charge in [-0.05, 0) is 6.42 Å². The van der Waals surface area contributed by atoms with Gasteiger partial charge in [0.2, 0.25) is 0 Å². The van der Waals surface area contributed by atoms with Crippen molar-refractivity contribution in [3.8, 4) is 0 Å². The molecule has 1 heterocycles. The summed E-state index contributed by atoms with van der Waals surface area (Å²) in [4.78, 5) is 0. The van der Waals surface area contributed by atoms with Crippen molar-refractivity contribution >= 4 is 0 Å². The van der Waals surface area contributed by atoms with Gasteiger partial charge in [0.05, 0.1) is 0 Å². The van der Waals surface area contributed by atoms with Crippen LogP contribution in [0.2, 0.25) is 0 Å². The molecule has 1 aliphatic rings. The van der Waals surface area contributed by atoms with Gasteiger partial charge in [0, 0.05) is 31.7 Å². The zero-order valence-corrected chi connectivity index (χ0v) is 7.32. The van der Waals surface area contributed by atoms with Gasteiger partial charge in [-0.3, -0.25) is 0 Å². The minimum absolute atomic E-state index is 0.00868. The lowest BCUT2D eigenvalue weighted by Gasteiger charge is -2.27. The molecule has 1 fully saturated rings. The van der Waals surface area contributed by atoms with Crippen molar-refractivity contribution in [1.82, 2.24) is 10.6 Å². The van der Waals surface area contributed by atoms with Gasteiger partial charge in [-0.15, -0.1) is 0 Å². The van der Waals surface area contributed by atoms with Crippen LogP contribution >= 0.6 is 0 Å². The molecule has 0 unspecified atom stereocenters. The molecule has 0 atom stereocenters. The van der Waals surface area contributed by atoms with E-state index in [0.29, 0.717) is 0 Å². The lowest BCUT2D eigenvalue weighted by Crippen LogP contribution is -2.52. The van der Waals surface area contributed by atoms with Gasteiger partial charge < -0.3 is 16.4 Å². The lowest BCUT2D eigenvalue weighted by atomic mass is 9.95. The summed E-state index contributed by atoms with van der Waals surface area (Å²) in [7, 11) is 0. The van der Waals surface area contributed by atoms with Gasteiger partial charge in [0.1, 0.15) is 0 Å². The zero-order valence-electron chi connectivity index (χ0n) is 7.32. The number of nitrogens with two attached hydrogens (primary N) is 1. The second-order valence-electron chi connectivity index (χ2n) is 3.47. The van der Waals surface area contributed by atoms with E-state index in [0.717, 1.165) is 32.6 Å². The highest BCUT2D eigenvalue weighted by molar-refractivity contribution is 4.90. The molecule has 0 aromatic heterocycles. The van der Waals surface area contributed by atoms with Crippen LogP contribution in [0.3, 0.4) is 0 Å². The Morgan fingerprint density at radius 3 is 2.27 bits per heavy atom. The minimum Gasteiger partial charge on any atom is -0.323 e. The number of rotatable bonds is 2. The van der Waals surface area contributed by atoms with Crippen molar-refractivity contribution in [2.45, 2.75) is 25.3 Å². The first-order valence-corrected chi connectivity index (χ1v) is 4.47. The standard InChI is InChI=1S/C8H19N3/c1-2-3-8(9)6-10-4-5-11-7-8/h10-11H,2-7,9H2,1H3. The molecule has 3 heteroatoms. The first kappa shape index (κ1) is 8.97. The number of nitrogens with one attached hydrogen (secondary N) is 2. The van der Waals surface area contributed by atoms with E-state index in [4.69, 9.17) is 5.73 Å². The maximum Gasteiger partial charge on any atom is 0.0407 e. The molecule has 0 saturated carbocycles. The Morgan fingerprint density at radius 2 is 1.82 bits per heavy atom. The van der Waals surface area contributed by atoms with Gasteiger partial charge in [-0.25, -0.2) is 0 Å². The quantitative estimate of drug-likeness (QED) is 0.515. The van der Waals surface area contributed by atoms with E-state index in [1.165, 1.54) is 6.42 Å². The van der Waals surface area contributed by atoms with Crippen LogP contribution < -0.4 is 16.4 Å². The van der Waals surface area contributed by atoms with Crippen LogP contribution in [-0.2, 0) is 0 Å². The molecule has 0 spiro atoms. The third kappa shape index (κ3) is 2.77. The largest absolute Gasteiger partial charge is 0.323 e. The topological polar surface area (TPSA) is 50.1 Å². The molecule has 0 aliphatic carbocycles. The number of hydrogen-bond donors (Lipinski definition) is 3. The predicted octanol–water partition coefficient (Wildman–Crippen LogP) is -0.323. The molecule has 3 nitrogen and oxygen atoms in total. The van der Waals surface area contributed by atoms with Crippen LogP contribution in [-0.4, -0.2) is 31.7 Å². The third-order valence-electron chi connectivity index (χ3n) is 2.18. The second-order valence-corrected chi connectivity index (χ2v) is 3.47. The highest BCUT2D eigenvalue weighted by atomic mass is 15.0. The Labute approximate surface area is 68.7 Å². The number of hydrogen-bond acceptors (Lipinski definition) is 3. The van der Waals surface area contributed by atoms with Gasteiger partial charge >= 0.3 is 0 Å². The molecule has 0 aromatic carbocycles. The Bertz CT molecular complexity index is 106. The smallest absolute Gasteiger partial charge is 0.0407 e. The van der Waals surface area contributed by atoms with Crippen molar-refractivity contribution in [3.05, 3.63) is 0 Å². The molecular formula is C8H19N3. The summed E-state index contributed by atoms with van der Waals surface area (Å²) in [6.07, 6.45) is 2.27. The summed E-state index contributed by atoms with van der Waals surface area (Å²) in [5.74, 6) is 0. The van der Waals surface area contributed by atoms with Crippen molar-refractivity contribution in [3.63, 3.8) is 0 Å². The normalized spacial score (nSPS) is 24.5.